The molecule has 1 saturated heterocycles. The summed E-state index contributed by atoms with van der Waals surface area (Å²) in [6.45, 7) is 5.14. The number of ether oxygens (including phenoxy) is 1. The fourth-order valence-corrected chi connectivity index (χ4v) is 5.03. The van der Waals surface area contributed by atoms with Crippen molar-refractivity contribution in [3.63, 3.8) is 0 Å². The lowest BCUT2D eigenvalue weighted by Gasteiger charge is -2.24. The van der Waals surface area contributed by atoms with Crippen molar-refractivity contribution in [2.24, 2.45) is 0 Å². The molecule has 36 heavy (non-hydrogen) atoms. The quantitative estimate of drug-likeness (QED) is 0.454. The Balaban J connectivity index is 1.34. The summed E-state index contributed by atoms with van der Waals surface area (Å²) in [4.78, 5) is 32.7. The predicted octanol–water partition coefficient (Wildman–Crippen LogP) is 3.49. The van der Waals surface area contributed by atoms with Crippen LogP contribution in [0.25, 0.3) is 0 Å². The standard InChI is InChI=1S/C27H32N4O5/c1-15(2)20-9-18(10-22(26(20)35)30-8-7-19(12-30)36-14-24(33)34)23(32)13-31-11-17-5-6-21(16-3-4-16)29-25(17)27(31)28/h5-6,9-10,15-16,19,28,35H,3-4,7-8,11-14H2,1-2H3,(H,33,34). The first-order chi connectivity index (χ1) is 17.2. The number of carboxylic acids is 1. The lowest BCUT2D eigenvalue weighted by Crippen LogP contribution is -2.31. The van der Waals surface area contributed by atoms with Crippen molar-refractivity contribution in [2.45, 2.75) is 57.6 Å². The highest BCUT2D eigenvalue weighted by Crippen LogP contribution is 2.40. The summed E-state index contributed by atoms with van der Waals surface area (Å²) in [5, 5.41) is 28.5. The summed E-state index contributed by atoms with van der Waals surface area (Å²) in [7, 11) is 0. The number of carboxylic acid groups (broad SMARTS) is 1. The number of aliphatic carboxylic acids is 1. The van der Waals surface area contributed by atoms with E-state index in [9.17, 15) is 14.7 Å². The molecule has 1 atom stereocenters. The molecule has 1 aromatic carbocycles. The van der Waals surface area contributed by atoms with E-state index in [1.54, 1.807) is 17.0 Å². The van der Waals surface area contributed by atoms with E-state index < -0.39 is 5.97 Å². The third-order valence-corrected chi connectivity index (χ3v) is 7.22. The maximum absolute atomic E-state index is 13.4. The maximum atomic E-state index is 13.4. The van der Waals surface area contributed by atoms with Crippen LogP contribution in [0.15, 0.2) is 24.3 Å². The molecule has 2 aromatic rings. The van der Waals surface area contributed by atoms with E-state index in [1.165, 1.54) is 0 Å². The van der Waals surface area contributed by atoms with Gasteiger partial charge in [-0.1, -0.05) is 19.9 Å². The van der Waals surface area contributed by atoms with E-state index in [0.29, 0.717) is 54.5 Å². The largest absolute Gasteiger partial charge is 0.505 e. The van der Waals surface area contributed by atoms with Crippen molar-refractivity contribution >= 4 is 23.3 Å². The van der Waals surface area contributed by atoms with E-state index >= 15 is 0 Å². The molecular formula is C27H32N4O5. The summed E-state index contributed by atoms with van der Waals surface area (Å²) >= 11 is 0. The van der Waals surface area contributed by atoms with E-state index in [1.807, 2.05) is 30.9 Å². The van der Waals surface area contributed by atoms with Crippen molar-refractivity contribution in [3.05, 3.63) is 52.3 Å². The Labute approximate surface area is 210 Å². The number of hydrogen-bond donors (Lipinski definition) is 3. The Kier molecular flexibility index (Phi) is 6.42. The first-order valence-corrected chi connectivity index (χ1v) is 12.5. The number of benzene rings is 1. The number of aromatic nitrogens is 1. The van der Waals surface area contributed by atoms with Gasteiger partial charge in [-0.2, -0.15) is 0 Å². The second-order valence-electron chi connectivity index (χ2n) is 10.3. The van der Waals surface area contributed by atoms with Crippen LogP contribution in [0.2, 0.25) is 0 Å². The van der Waals surface area contributed by atoms with Crippen LogP contribution in [-0.4, -0.2) is 70.0 Å². The third-order valence-electron chi connectivity index (χ3n) is 7.22. The predicted molar refractivity (Wildman–Crippen MR) is 134 cm³/mol. The number of carbonyl (C=O) groups is 2. The molecule has 1 unspecified atom stereocenters. The van der Waals surface area contributed by atoms with E-state index in [0.717, 1.165) is 24.1 Å². The number of carbonyl (C=O) groups excluding carboxylic acids is 1. The van der Waals surface area contributed by atoms with Crippen LogP contribution in [0.4, 0.5) is 5.69 Å². The number of fused-ring (bicyclic) bond motifs is 1. The second kappa shape index (κ2) is 9.54. The number of ketones is 1. The molecule has 0 spiro atoms. The molecule has 9 nitrogen and oxygen atoms in total. The van der Waals surface area contributed by atoms with Gasteiger partial charge in [-0.3, -0.25) is 10.2 Å². The van der Waals surface area contributed by atoms with Gasteiger partial charge in [-0.15, -0.1) is 0 Å². The average molecular weight is 493 g/mol. The molecule has 1 aliphatic carbocycles. The van der Waals surface area contributed by atoms with Crippen LogP contribution in [0.3, 0.4) is 0 Å². The minimum atomic E-state index is -1.01. The van der Waals surface area contributed by atoms with Gasteiger partial charge in [0.1, 0.15) is 23.9 Å². The summed E-state index contributed by atoms with van der Waals surface area (Å²) < 4.78 is 5.44. The van der Waals surface area contributed by atoms with Crippen molar-refractivity contribution in [1.82, 2.24) is 9.88 Å². The molecule has 9 heteroatoms. The van der Waals surface area contributed by atoms with E-state index in [2.05, 4.69) is 0 Å². The van der Waals surface area contributed by atoms with E-state index in [-0.39, 0.29) is 42.5 Å². The lowest BCUT2D eigenvalue weighted by molar-refractivity contribution is -0.143. The Hall–Kier alpha value is -3.46. The number of anilines is 1. The van der Waals surface area contributed by atoms with Gasteiger partial charge >= 0.3 is 5.97 Å². The Bertz CT molecular complexity index is 1220. The molecule has 1 aromatic heterocycles. The zero-order valence-corrected chi connectivity index (χ0v) is 20.7. The second-order valence-corrected chi connectivity index (χ2v) is 10.3. The first-order valence-electron chi connectivity index (χ1n) is 12.5. The summed E-state index contributed by atoms with van der Waals surface area (Å²) in [6, 6.07) is 7.52. The number of Topliss-reactive ketones (excluding diaryl/α,β-unsaturated/α-hetero) is 1. The van der Waals surface area contributed by atoms with Crippen LogP contribution in [-0.2, 0) is 16.1 Å². The highest BCUT2D eigenvalue weighted by atomic mass is 16.5. The average Bonchev–Trinajstić information content (AvgIpc) is 3.51. The normalized spacial score (nSPS) is 19.3. The molecule has 190 valence electrons. The monoisotopic (exact) mass is 492 g/mol. The number of phenolic OH excluding ortho intramolecular Hbond substituents is 1. The van der Waals surface area contributed by atoms with Crippen LogP contribution in [0.1, 0.15) is 77.8 Å². The SMILES string of the molecule is CC(C)c1cc(C(=O)CN2Cc3ccc(C4CC4)nc3C2=N)cc(N2CCC(OCC(=O)O)C2)c1O. The first kappa shape index (κ1) is 24.2. The van der Waals surface area contributed by atoms with Gasteiger partial charge in [0, 0.05) is 42.4 Å². The molecular weight excluding hydrogens is 460 g/mol. The Morgan fingerprint density at radius 2 is 2.00 bits per heavy atom. The molecule has 3 N–H and O–H groups in total. The minimum Gasteiger partial charge on any atom is -0.505 e. The molecule has 3 heterocycles. The van der Waals surface area contributed by atoms with Crippen LogP contribution < -0.4 is 4.90 Å². The number of pyridine rings is 1. The zero-order chi connectivity index (χ0) is 25.6. The third kappa shape index (κ3) is 4.80. The van der Waals surface area contributed by atoms with Crippen molar-refractivity contribution < 1.29 is 24.5 Å². The van der Waals surface area contributed by atoms with Gasteiger partial charge < -0.3 is 24.7 Å². The fourth-order valence-electron chi connectivity index (χ4n) is 5.03. The number of aromatic hydroxyl groups is 1. The molecule has 2 fully saturated rings. The summed E-state index contributed by atoms with van der Waals surface area (Å²) in [5.74, 6) is -0.225. The molecule has 0 amide bonds. The van der Waals surface area contributed by atoms with Gasteiger partial charge in [-0.05, 0) is 48.9 Å². The van der Waals surface area contributed by atoms with Gasteiger partial charge in [0.15, 0.2) is 5.78 Å². The fraction of sp³-hybridized carbons (Fsp3) is 0.481. The number of nitrogens with zero attached hydrogens (tertiary/aromatic N) is 3. The number of hydrogen-bond acceptors (Lipinski definition) is 7. The lowest BCUT2D eigenvalue weighted by atomic mass is 9.96. The van der Waals surface area contributed by atoms with Crippen molar-refractivity contribution in [3.8, 4) is 5.75 Å². The van der Waals surface area contributed by atoms with Gasteiger partial charge in [0.25, 0.3) is 0 Å². The highest BCUT2D eigenvalue weighted by molar-refractivity contribution is 6.05. The topological polar surface area (TPSA) is 127 Å². The molecule has 2 aliphatic heterocycles. The number of amidine groups is 1. The van der Waals surface area contributed by atoms with E-state index in [4.69, 9.17) is 20.2 Å². The zero-order valence-electron chi connectivity index (χ0n) is 20.7. The highest BCUT2D eigenvalue weighted by Gasteiger charge is 2.32. The number of nitrogens with one attached hydrogen (secondary N) is 1. The minimum absolute atomic E-state index is 0.00227. The molecule has 1 saturated carbocycles. The van der Waals surface area contributed by atoms with Crippen molar-refractivity contribution in [1.29, 1.82) is 5.41 Å². The smallest absolute Gasteiger partial charge is 0.329 e. The molecule has 0 bridgehead atoms. The number of phenols is 1. The molecule has 3 aliphatic rings. The number of rotatable bonds is 9. The molecule has 0 radical (unpaired) electrons. The van der Waals surface area contributed by atoms with Crippen LogP contribution in [0.5, 0.6) is 5.75 Å². The van der Waals surface area contributed by atoms with Gasteiger partial charge in [-0.25, -0.2) is 9.78 Å². The summed E-state index contributed by atoms with van der Waals surface area (Å²) in [6.07, 6.45) is 2.68. The van der Waals surface area contributed by atoms with Crippen LogP contribution >= 0.6 is 0 Å². The molecule has 5 rings (SSSR count). The van der Waals surface area contributed by atoms with Gasteiger partial charge in [0.2, 0.25) is 0 Å². The van der Waals surface area contributed by atoms with Crippen molar-refractivity contribution in [2.75, 3.05) is 31.1 Å². The Morgan fingerprint density at radius 1 is 1.22 bits per heavy atom. The van der Waals surface area contributed by atoms with Crippen LogP contribution in [0, 0.1) is 5.41 Å². The van der Waals surface area contributed by atoms with Gasteiger partial charge in [0.05, 0.1) is 18.3 Å². The maximum Gasteiger partial charge on any atom is 0.329 e. The Morgan fingerprint density at radius 3 is 2.69 bits per heavy atom. The summed E-state index contributed by atoms with van der Waals surface area (Å²) in [5.41, 5.74) is 4.40.